The summed E-state index contributed by atoms with van der Waals surface area (Å²) in [5.41, 5.74) is 1.69. The maximum atomic E-state index is 12.5. The van der Waals surface area contributed by atoms with E-state index in [-0.39, 0.29) is 4.90 Å². The quantitative estimate of drug-likeness (QED) is 0.794. The molecule has 1 amide bonds. The molecule has 1 N–H and O–H groups in total. The average Bonchev–Trinajstić information content (AvgIpc) is 3.24. The summed E-state index contributed by atoms with van der Waals surface area (Å²) in [6.07, 6.45) is 1.12. The van der Waals surface area contributed by atoms with Crippen LogP contribution in [0.1, 0.15) is 28.8 Å². The van der Waals surface area contributed by atoms with E-state index in [2.05, 4.69) is 5.32 Å². The maximum Gasteiger partial charge on any atom is 0.339 e. The summed E-state index contributed by atoms with van der Waals surface area (Å²) in [6, 6.07) is 13.1. The van der Waals surface area contributed by atoms with Gasteiger partial charge in [0, 0.05) is 25.2 Å². The Balaban J connectivity index is 1.45. The van der Waals surface area contributed by atoms with Crippen LogP contribution in [0.5, 0.6) is 0 Å². The molecule has 2 aromatic carbocycles. The molecule has 4 rings (SSSR count). The Morgan fingerprint density at radius 1 is 1.04 bits per heavy atom. The Labute approximate surface area is 163 Å². The molecule has 0 radical (unpaired) electrons. The molecule has 0 aliphatic carbocycles. The van der Waals surface area contributed by atoms with Gasteiger partial charge in [0.15, 0.2) is 6.10 Å². The Kier molecular flexibility index (Phi) is 4.91. The number of cyclic esters (lactones) is 1. The van der Waals surface area contributed by atoms with E-state index in [1.807, 2.05) is 6.07 Å². The second-order valence-electron chi connectivity index (χ2n) is 6.88. The smallest absolute Gasteiger partial charge is 0.339 e. The summed E-state index contributed by atoms with van der Waals surface area (Å²) >= 11 is 0. The van der Waals surface area contributed by atoms with Gasteiger partial charge in [-0.05, 0) is 48.7 Å². The number of carbonyl (C=O) groups excluding carboxylic acids is 2. The molecular weight excluding hydrogens is 380 g/mol. The second kappa shape index (κ2) is 7.37. The molecule has 0 spiro atoms. The van der Waals surface area contributed by atoms with Crippen molar-refractivity contribution in [2.45, 2.75) is 30.3 Å². The van der Waals surface area contributed by atoms with Gasteiger partial charge in [0.05, 0.1) is 10.5 Å². The van der Waals surface area contributed by atoms with E-state index in [0.29, 0.717) is 30.8 Å². The molecule has 1 fully saturated rings. The summed E-state index contributed by atoms with van der Waals surface area (Å²) in [6.45, 7) is 1.07. The first kappa shape index (κ1) is 18.6. The number of ether oxygens (including phenoxy) is 1. The minimum Gasteiger partial charge on any atom is -0.448 e. The first-order valence-electron chi connectivity index (χ1n) is 9.15. The van der Waals surface area contributed by atoms with Crippen molar-refractivity contribution < 1.29 is 22.7 Å². The van der Waals surface area contributed by atoms with Gasteiger partial charge in [0.2, 0.25) is 10.0 Å². The highest BCUT2D eigenvalue weighted by atomic mass is 32.2. The van der Waals surface area contributed by atoms with Gasteiger partial charge in [-0.15, -0.1) is 0 Å². The third-order valence-corrected chi connectivity index (χ3v) is 6.92. The summed E-state index contributed by atoms with van der Waals surface area (Å²) in [5.74, 6) is -0.966. The Bertz CT molecular complexity index is 1010. The predicted molar refractivity (Wildman–Crippen MR) is 102 cm³/mol. The molecule has 8 heteroatoms. The maximum absolute atomic E-state index is 12.5. The number of anilines is 1. The molecule has 2 aliphatic heterocycles. The Morgan fingerprint density at radius 2 is 1.71 bits per heavy atom. The minimum atomic E-state index is -3.49. The summed E-state index contributed by atoms with van der Waals surface area (Å²) in [7, 11) is -3.49. The molecular formula is C20H20N2O5S. The number of carbonyl (C=O) groups is 2. The number of hydrogen-bond donors (Lipinski definition) is 1. The Morgan fingerprint density at radius 3 is 2.43 bits per heavy atom. The van der Waals surface area contributed by atoms with Gasteiger partial charge in [-0.2, -0.15) is 4.31 Å². The first-order valence-corrected chi connectivity index (χ1v) is 10.6. The van der Waals surface area contributed by atoms with E-state index in [4.69, 9.17) is 4.74 Å². The molecule has 1 saturated heterocycles. The zero-order valence-electron chi connectivity index (χ0n) is 15.1. The van der Waals surface area contributed by atoms with Crippen LogP contribution in [-0.4, -0.2) is 43.8 Å². The fourth-order valence-corrected chi connectivity index (χ4v) is 5.01. The third kappa shape index (κ3) is 3.53. The van der Waals surface area contributed by atoms with Gasteiger partial charge in [-0.1, -0.05) is 18.2 Å². The lowest BCUT2D eigenvalue weighted by Crippen LogP contribution is -2.37. The molecule has 0 unspecified atom stereocenters. The number of esters is 1. The molecule has 28 heavy (non-hydrogen) atoms. The number of nitrogens with zero attached hydrogens (tertiary/aromatic N) is 1. The summed E-state index contributed by atoms with van der Waals surface area (Å²) in [4.78, 5) is 24.8. The number of sulfonamides is 1. The van der Waals surface area contributed by atoms with Crippen molar-refractivity contribution in [3.63, 3.8) is 0 Å². The highest BCUT2D eigenvalue weighted by Gasteiger charge is 2.31. The SMILES string of the molecule is O=C1O[C@H](C(=O)Nc2ccc(S(=O)(=O)N3CCCC3)cc2)Cc2ccccc21. The lowest BCUT2D eigenvalue weighted by Gasteiger charge is -2.23. The van der Waals surface area contributed by atoms with Gasteiger partial charge in [0.25, 0.3) is 5.91 Å². The standard InChI is InChI=1S/C20H20N2O5S/c23-19(18-13-14-5-1-2-6-17(14)20(24)27-18)21-15-7-9-16(10-8-15)28(25,26)22-11-3-4-12-22/h1-2,5-10,18H,3-4,11-13H2,(H,21,23)/t18-/m0/s1. The van der Waals surface area contributed by atoms with Gasteiger partial charge in [-0.25, -0.2) is 13.2 Å². The predicted octanol–water partition coefficient (Wildman–Crippen LogP) is 2.19. The van der Waals surface area contributed by atoms with Gasteiger partial charge in [0.1, 0.15) is 0 Å². The van der Waals surface area contributed by atoms with Crippen molar-refractivity contribution in [2.24, 2.45) is 0 Å². The van der Waals surface area contributed by atoms with Crippen LogP contribution in [0.25, 0.3) is 0 Å². The van der Waals surface area contributed by atoms with E-state index in [0.717, 1.165) is 18.4 Å². The van der Waals surface area contributed by atoms with E-state index < -0.39 is 28.0 Å². The summed E-state index contributed by atoms with van der Waals surface area (Å²) in [5, 5.41) is 2.69. The normalized spacial score (nSPS) is 19.7. The van der Waals surface area contributed by atoms with Crippen molar-refractivity contribution in [3.05, 3.63) is 59.7 Å². The molecule has 0 bridgehead atoms. The van der Waals surface area contributed by atoms with Crippen LogP contribution in [0.15, 0.2) is 53.4 Å². The number of nitrogens with one attached hydrogen (secondary N) is 1. The molecule has 0 saturated carbocycles. The molecule has 0 aromatic heterocycles. The molecule has 2 aromatic rings. The van der Waals surface area contributed by atoms with Crippen molar-refractivity contribution >= 4 is 27.6 Å². The highest BCUT2D eigenvalue weighted by Crippen LogP contribution is 2.24. The fraction of sp³-hybridized carbons (Fsp3) is 0.300. The zero-order chi connectivity index (χ0) is 19.7. The van der Waals surface area contributed by atoms with E-state index >= 15 is 0 Å². The zero-order valence-corrected chi connectivity index (χ0v) is 15.9. The van der Waals surface area contributed by atoms with Crippen LogP contribution in [0.3, 0.4) is 0 Å². The monoisotopic (exact) mass is 400 g/mol. The van der Waals surface area contributed by atoms with Crippen LogP contribution in [0, 0.1) is 0 Å². The average molecular weight is 400 g/mol. The lowest BCUT2D eigenvalue weighted by atomic mass is 9.98. The van der Waals surface area contributed by atoms with Crippen molar-refractivity contribution in [1.29, 1.82) is 0 Å². The minimum absolute atomic E-state index is 0.199. The van der Waals surface area contributed by atoms with Gasteiger partial charge in [-0.3, -0.25) is 4.79 Å². The third-order valence-electron chi connectivity index (χ3n) is 5.01. The number of amides is 1. The van der Waals surface area contributed by atoms with Crippen molar-refractivity contribution in [3.8, 4) is 0 Å². The van der Waals surface area contributed by atoms with Crippen LogP contribution in [-0.2, 0) is 26.0 Å². The van der Waals surface area contributed by atoms with Crippen LogP contribution in [0.4, 0.5) is 5.69 Å². The molecule has 2 heterocycles. The second-order valence-corrected chi connectivity index (χ2v) is 8.82. The van der Waals surface area contributed by atoms with Crippen LogP contribution >= 0.6 is 0 Å². The van der Waals surface area contributed by atoms with Gasteiger partial charge >= 0.3 is 5.97 Å². The van der Waals surface area contributed by atoms with Crippen molar-refractivity contribution in [2.75, 3.05) is 18.4 Å². The first-order chi connectivity index (χ1) is 13.4. The molecule has 7 nitrogen and oxygen atoms in total. The van der Waals surface area contributed by atoms with E-state index in [1.165, 1.54) is 16.4 Å². The van der Waals surface area contributed by atoms with Crippen LogP contribution < -0.4 is 5.32 Å². The number of hydrogen-bond acceptors (Lipinski definition) is 5. The lowest BCUT2D eigenvalue weighted by molar-refractivity contribution is -0.125. The Hall–Kier alpha value is -2.71. The molecule has 2 aliphatic rings. The number of benzene rings is 2. The number of rotatable bonds is 4. The summed E-state index contributed by atoms with van der Waals surface area (Å²) < 4.78 is 31.8. The van der Waals surface area contributed by atoms with Crippen molar-refractivity contribution in [1.82, 2.24) is 4.31 Å². The fourth-order valence-electron chi connectivity index (χ4n) is 3.49. The molecule has 146 valence electrons. The van der Waals surface area contributed by atoms with E-state index in [9.17, 15) is 18.0 Å². The van der Waals surface area contributed by atoms with Crippen LogP contribution in [0.2, 0.25) is 0 Å². The number of fused-ring (bicyclic) bond motifs is 1. The largest absolute Gasteiger partial charge is 0.448 e. The highest BCUT2D eigenvalue weighted by molar-refractivity contribution is 7.89. The topological polar surface area (TPSA) is 92.8 Å². The van der Waals surface area contributed by atoms with E-state index in [1.54, 1.807) is 30.3 Å². The van der Waals surface area contributed by atoms with Gasteiger partial charge < -0.3 is 10.1 Å². The molecule has 1 atom stereocenters.